The van der Waals surface area contributed by atoms with E-state index in [2.05, 4.69) is 74.6 Å². The van der Waals surface area contributed by atoms with Crippen LogP contribution < -0.4 is 5.32 Å². The van der Waals surface area contributed by atoms with E-state index in [-0.39, 0.29) is 0 Å². The molecule has 1 unspecified atom stereocenters. The minimum absolute atomic E-state index is 0.443. The zero-order chi connectivity index (χ0) is 15.1. The molecule has 2 aromatic rings. The van der Waals surface area contributed by atoms with Gasteiger partial charge in [-0.3, -0.25) is 0 Å². The van der Waals surface area contributed by atoms with Gasteiger partial charge in [-0.2, -0.15) is 0 Å². The van der Waals surface area contributed by atoms with Crippen LogP contribution in [0.15, 0.2) is 58.3 Å². The molecule has 0 radical (unpaired) electrons. The molecule has 2 aromatic carbocycles. The summed E-state index contributed by atoms with van der Waals surface area (Å²) >= 11 is 1.87. The lowest BCUT2D eigenvalue weighted by atomic mass is 10.0. The van der Waals surface area contributed by atoms with Gasteiger partial charge in [0.15, 0.2) is 0 Å². The van der Waals surface area contributed by atoms with Crippen molar-refractivity contribution in [1.82, 2.24) is 5.32 Å². The third kappa shape index (κ3) is 4.62. The summed E-state index contributed by atoms with van der Waals surface area (Å²) in [5.74, 6) is 0. The summed E-state index contributed by atoms with van der Waals surface area (Å²) in [5, 5.41) is 3.66. The molecule has 0 fully saturated rings. The zero-order valence-corrected chi connectivity index (χ0v) is 14.0. The van der Waals surface area contributed by atoms with Crippen LogP contribution in [-0.2, 0) is 0 Å². The topological polar surface area (TPSA) is 12.0 Å². The van der Waals surface area contributed by atoms with E-state index < -0.39 is 0 Å². The molecule has 1 N–H and O–H groups in total. The molecule has 0 saturated carbocycles. The Labute approximate surface area is 133 Å². The van der Waals surface area contributed by atoms with Crippen molar-refractivity contribution in [3.63, 3.8) is 0 Å². The highest BCUT2D eigenvalue weighted by atomic mass is 32.2. The van der Waals surface area contributed by atoms with Crippen molar-refractivity contribution in [2.24, 2.45) is 0 Å². The summed E-state index contributed by atoms with van der Waals surface area (Å²) in [6.07, 6.45) is 2.29. The molecule has 21 heavy (non-hydrogen) atoms. The first-order valence-electron chi connectivity index (χ1n) is 7.81. The molecule has 0 bridgehead atoms. The standard InChI is InChI=1S/C19H25NS/c1-4-13-20-18(5-2)17-11-6-7-12-19(17)21-16-10-8-9-15(3)14-16/h6-12,14,18,20H,4-5,13H2,1-3H3. The molecule has 1 atom stereocenters. The molecular weight excluding hydrogens is 274 g/mol. The fourth-order valence-corrected chi connectivity index (χ4v) is 3.58. The smallest absolute Gasteiger partial charge is 0.0328 e. The quantitative estimate of drug-likeness (QED) is 0.714. The number of aryl methyl sites for hydroxylation is 1. The predicted molar refractivity (Wildman–Crippen MR) is 93.1 cm³/mol. The second-order valence-corrected chi connectivity index (χ2v) is 6.49. The van der Waals surface area contributed by atoms with Crippen molar-refractivity contribution in [3.05, 3.63) is 59.7 Å². The van der Waals surface area contributed by atoms with Crippen molar-refractivity contribution in [2.75, 3.05) is 6.54 Å². The molecule has 0 aliphatic heterocycles. The molecule has 1 nitrogen and oxygen atoms in total. The van der Waals surface area contributed by atoms with Gasteiger partial charge in [0.2, 0.25) is 0 Å². The van der Waals surface area contributed by atoms with Crippen LogP contribution in [0.3, 0.4) is 0 Å². The molecule has 0 saturated heterocycles. The second kappa shape index (κ2) is 8.26. The van der Waals surface area contributed by atoms with Gasteiger partial charge < -0.3 is 5.32 Å². The van der Waals surface area contributed by atoms with Crippen molar-refractivity contribution < 1.29 is 0 Å². The van der Waals surface area contributed by atoms with E-state index in [1.807, 2.05) is 11.8 Å². The molecule has 0 aliphatic rings. The summed E-state index contributed by atoms with van der Waals surface area (Å²) in [6, 6.07) is 17.9. The van der Waals surface area contributed by atoms with Crippen LogP contribution in [0.5, 0.6) is 0 Å². The third-order valence-corrected chi connectivity index (χ3v) is 4.64. The molecular formula is C19H25NS. The van der Waals surface area contributed by atoms with E-state index in [9.17, 15) is 0 Å². The lowest BCUT2D eigenvalue weighted by Gasteiger charge is -2.20. The normalized spacial score (nSPS) is 12.3. The Bertz CT molecular complexity index is 565. The molecule has 0 aromatic heterocycles. The van der Waals surface area contributed by atoms with Crippen LogP contribution in [0.25, 0.3) is 0 Å². The Morgan fingerprint density at radius 3 is 2.57 bits per heavy atom. The zero-order valence-electron chi connectivity index (χ0n) is 13.2. The lowest BCUT2D eigenvalue weighted by molar-refractivity contribution is 0.512. The van der Waals surface area contributed by atoms with Crippen molar-refractivity contribution in [1.29, 1.82) is 0 Å². The largest absolute Gasteiger partial charge is 0.310 e. The van der Waals surface area contributed by atoms with Gasteiger partial charge in [-0.05, 0) is 50.1 Å². The van der Waals surface area contributed by atoms with Gasteiger partial charge in [0, 0.05) is 15.8 Å². The van der Waals surface area contributed by atoms with E-state index >= 15 is 0 Å². The van der Waals surface area contributed by atoms with Gasteiger partial charge in [0.1, 0.15) is 0 Å². The summed E-state index contributed by atoms with van der Waals surface area (Å²) in [7, 11) is 0. The van der Waals surface area contributed by atoms with E-state index in [1.54, 1.807) is 0 Å². The third-order valence-electron chi connectivity index (χ3n) is 3.56. The Morgan fingerprint density at radius 1 is 1.05 bits per heavy atom. The first-order chi connectivity index (χ1) is 10.2. The first kappa shape index (κ1) is 16.1. The highest BCUT2D eigenvalue weighted by Gasteiger charge is 2.13. The van der Waals surface area contributed by atoms with Crippen LogP contribution in [0.2, 0.25) is 0 Å². The Morgan fingerprint density at radius 2 is 1.86 bits per heavy atom. The van der Waals surface area contributed by atoms with Gasteiger partial charge in [-0.15, -0.1) is 0 Å². The number of hydrogen-bond acceptors (Lipinski definition) is 2. The summed E-state index contributed by atoms with van der Waals surface area (Å²) in [6.45, 7) is 7.68. The molecule has 0 amide bonds. The Balaban J connectivity index is 2.23. The molecule has 2 rings (SSSR count). The van der Waals surface area contributed by atoms with E-state index in [0.29, 0.717) is 6.04 Å². The highest BCUT2D eigenvalue weighted by molar-refractivity contribution is 7.99. The highest BCUT2D eigenvalue weighted by Crippen LogP contribution is 2.34. The summed E-state index contributed by atoms with van der Waals surface area (Å²) in [4.78, 5) is 2.67. The predicted octanol–water partition coefficient (Wildman–Crippen LogP) is 5.60. The molecule has 0 heterocycles. The summed E-state index contributed by atoms with van der Waals surface area (Å²) < 4.78 is 0. The van der Waals surface area contributed by atoms with Crippen molar-refractivity contribution in [3.8, 4) is 0 Å². The van der Waals surface area contributed by atoms with E-state index in [0.717, 1.165) is 13.0 Å². The minimum Gasteiger partial charge on any atom is -0.310 e. The molecule has 2 heteroatoms. The van der Waals surface area contributed by atoms with Crippen LogP contribution in [0.4, 0.5) is 0 Å². The van der Waals surface area contributed by atoms with Crippen LogP contribution in [0.1, 0.15) is 43.9 Å². The second-order valence-electron chi connectivity index (χ2n) is 5.37. The van der Waals surface area contributed by atoms with Gasteiger partial charge in [0.25, 0.3) is 0 Å². The van der Waals surface area contributed by atoms with Gasteiger partial charge >= 0.3 is 0 Å². The number of nitrogens with one attached hydrogen (secondary N) is 1. The maximum atomic E-state index is 3.66. The molecule has 112 valence electrons. The Kier molecular flexibility index (Phi) is 6.34. The Hall–Kier alpha value is -1.25. The molecule has 0 spiro atoms. The van der Waals surface area contributed by atoms with Crippen molar-refractivity contribution >= 4 is 11.8 Å². The van der Waals surface area contributed by atoms with E-state index in [1.165, 1.54) is 27.3 Å². The maximum Gasteiger partial charge on any atom is 0.0328 e. The monoisotopic (exact) mass is 299 g/mol. The summed E-state index contributed by atoms with van der Waals surface area (Å²) in [5.41, 5.74) is 2.73. The van der Waals surface area contributed by atoms with Crippen LogP contribution >= 0.6 is 11.8 Å². The average molecular weight is 299 g/mol. The maximum absolute atomic E-state index is 3.66. The number of benzene rings is 2. The fraction of sp³-hybridized carbons (Fsp3) is 0.368. The SMILES string of the molecule is CCCNC(CC)c1ccccc1Sc1cccc(C)c1. The fourth-order valence-electron chi connectivity index (χ4n) is 2.46. The first-order valence-corrected chi connectivity index (χ1v) is 8.63. The van der Waals surface area contributed by atoms with Gasteiger partial charge in [-0.1, -0.05) is 61.5 Å². The van der Waals surface area contributed by atoms with Crippen molar-refractivity contribution in [2.45, 2.75) is 49.4 Å². The number of hydrogen-bond donors (Lipinski definition) is 1. The lowest BCUT2D eigenvalue weighted by Crippen LogP contribution is -2.21. The van der Waals surface area contributed by atoms with Crippen LogP contribution in [0, 0.1) is 6.92 Å². The number of rotatable bonds is 7. The van der Waals surface area contributed by atoms with E-state index in [4.69, 9.17) is 0 Å². The minimum atomic E-state index is 0.443. The van der Waals surface area contributed by atoms with Gasteiger partial charge in [0.05, 0.1) is 0 Å². The average Bonchev–Trinajstić information content (AvgIpc) is 2.49. The van der Waals surface area contributed by atoms with Crippen LogP contribution in [-0.4, -0.2) is 6.54 Å². The molecule has 0 aliphatic carbocycles. The van der Waals surface area contributed by atoms with Gasteiger partial charge in [-0.25, -0.2) is 0 Å².